The smallest absolute Gasteiger partial charge is 0.248 e. The molecule has 4 heterocycles. The molecule has 9 nitrogen and oxygen atoms in total. The molecule has 1 amide bonds. The Bertz CT molecular complexity index is 1390. The molecule has 5 rings (SSSR count). The van der Waals surface area contributed by atoms with E-state index in [1.54, 1.807) is 25.4 Å². The molecule has 3 aromatic heterocycles. The number of rotatable bonds is 6. The average Bonchev–Trinajstić information content (AvgIpc) is 2.89. The van der Waals surface area contributed by atoms with E-state index in [1.807, 2.05) is 48.7 Å². The van der Waals surface area contributed by atoms with Crippen LogP contribution in [-0.2, 0) is 4.79 Å². The Labute approximate surface area is 209 Å². The van der Waals surface area contributed by atoms with E-state index < -0.39 is 0 Å². The first-order chi connectivity index (χ1) is 17.6. The Hall–Kier alpha value is -4.37. The number of carbonyl (C=O) groups is 1. The predicted molar refractivity (Wildman–Crippen MR) is 143 cm³/mol. The molecule has 4 aromatic rings. The van der Waals surface area contributed by atoms with Crippen LogP contribution in [0.1, 0.15) is 6.92 Å². The molecule has 1 saturated heterocycles. The molecule has 0 atom stereocenters. The predicted octanol–water partition coefficient (Wildman–Crippen LogP) is 4.10. The van der Waals surface area contributed by atoms with Gasteiger partial charge in [0.25, 0.3) is 0 Å². The van der Waals surface area contributed by atoms with Crippen LogP contribution in [0.4, 0.5) is 23.1 Å². The Morgan fingerprint density at radius 2 is 1.83 bits per heavy atom. The molecule has 2 N–H and O–H groups in total. The number of allylic oxidation sites excluding steroid dienone is 1. The number of fused-ring (bicyclic) bond motifs is 1. The van der Waals surface area contributed by atoms with E-state index in [0.717, 1.165) is 48.6 Å². The second-order valence-electron chi connectivity index (χ2n) is 8.68. The van der Waals surface area contributed by atoms with Crippen LogP contribution >= 0.6 is 0 Å². The normalized spacial score (nSPS) is 14.3. The molecule has 36 heavy (non-hydrogen) atoms. The van der Waals surface area contributed by atoms with Gasteiger partial charge >= 0.3 is 0 Å². The summed E-state index contributed by atoms with van der Waals surface area (Å²) in [6.45, 7) is 5.82. The molecule has 0 spiro atoms. The third kappa shape index (κ3) is 5.31. The Morgan fingerprint density at radius 3 is 2.61 bits per heavy atom. The second-order valence-corrected chi connectivity index (χ2v) is 8.68. The van der Waals surface area contributed by atoms with Gasteiger partial charge < -0.3 is 20.4 Å². The number of piperazine rings is 1. The highest BCUT2D eigenvalue weighted by molar-refractivity contribution is 6.00. The van der Waals surface area contributed by atoms with Crippen LogP contribution in [-0.4, -0.2) is 64.0 Å². The molecule has 0 bridgehead atoms. The van der Waals surface area contributed by atoms with Crippen LogP contribution in [0.2, 0.25) is 0 Å². The van der Waals surface area contributed by atoms with Crippen LogP contribution in [0.3, 0.4) is 0 Å². The van der Waals surface area contributed by atoms with E-state index in [1.165, 1.54) is 6.08 Å². The molecule has 0 radical (unpaired) electrons. The fourth-order valence-electron chi connectivity index (χ4n) is 4.12. The van der Waals surface area contributed by atoms with Crippen molar-refractivity contribution in [2.45, 2.75) is 6.92 Å². The highest BCUT2D eigenvalue weighted by atomic mass is 16.1. The van der Waals surface area contributed by atoms with Gasteiger partial charge in [0.05, 0.1) is 17.6 Å². The summed E-state index contributed by atoms with van der Waals surface area (Å²) >= 11 is 0. The molecule has 1 aliphatic heterocycles. The SMILES string of the molecule is C/C=C/C(=O)Nc1cccc(-c2nccc3cnc(Nc4ccc(N5CCN(C)CC5)nc4)nc23)c1. The van der Waals surface area contributed by atoms with Gasteiger partial charge in [0.15, 0.2) is 0 Å². The highest BCUT2D eigenvalue weighted by Crippen LogP contribution is 2.28. The zero-order valence-corrected chi connectivity index (χ0v) is 20.3. The minimum Gasteiger partial charge on any atom is -0.354 e. The van der Waals surface area contributed by atoms with Crippen LogP contribution in [0.5, 0.6) is 0 Å². The first-order valence-electron chi connectivity index (χ1n) is 11.9. The van der Waals surface area contributed by atoms with Crippen molar-refractivity contribution in [1.82, 2.24) is 24.8 Å². The fraction of sp³-hybridized carbons (Fsp3) is 0.222. The highest BCUT2D eigenvalue weighted by Gasteiger charge is 2.15. The number of aromatic nitrogens is 4. The van der Waals surface area contributed by atoms with Crippen molar-refractivity contribution in [2.75, 3.05) is 48.8 Å². The molecule has 0 saturated carbocycles. The molecule has 9 heteroatoms. The van der Waals surface area contributed by atoms with Crippen molar-refractivity contribution in [3.05, 3.63) is 73.2 Å². The van der Waals surface area contributed by atoms with Gasteiger partial charge in [-0.1, -0.05) is 18.2 Å². The maximum absolute atomic E-state index is 12.0. The summed E-state index contributed by atoms with van der Waals surface area (Å²) in [5.74, 6) is 1.26. The lowest BCUT2D eigenvalue weighted by Gasteiger charge is -2.33. The van der Waals surface area contributed by atoms with Gasteiger partial charge in [-0.15, -0.1) is 0 Å². The maximum Gasteiger partial charge on any atom is 0.248 e. The number of nitrogens with zero attached hydrogens (tertiary/aromatic N) is 6. The van der Waals surface area contributed by atoms with E-state index in [9.17, 15) is 4.79 Å². The maximum atomic E-state index is 12.0. The van der Waals surface area contributed by atoms with E-state index in [4.69, 9.17) is 4.98 Å². The Morgan fingerprint density at radius 1 is 0.972 bits per heavy atom. The van der Waals surface area contributed by atoms with Crippen molar-refractivity contribution >= 4 is 40.0 Å². The summed E-state index contributed by atoms with van der Waals surface area (Å²) < 4.78 is 0. The van der Waals surface area contributed by atoms with Gasteiger partial charge in [-0.25, -0.2) is 15.0 Å². The fourth-order valence-corrected chi connectivity index (χ4v) is 4.12. The molecule has 1 aliphatic rings. The van der Waals surface area contributed by atoms with Crippen LogP contribution < -0.4 is 15.5 Å². The summed E-state index contributed by atoms with van der Waals surface area (Å²) in [4.78, 5) is 35.0. The topological polar surface area (TPSA) is 99.2 Å². The van der Waals surface area contributed by atoms with Crippen molar-refractivity contribution in [3.63, 3.8) is 0 Å². The summed E-state index contributed by atoms with van der Waals surface area (Å²) in [6, 6.07) is 13.5. The zero-order valence-electron chi connectivity index (χ0n) is 20.3. The van der Waals surface area contributed by atoms with Crippen LogP contribution in [0.25, 0.3) is 22.2 Å². The quantitative estimate of drug-likeness (QED) is 0.398. The van der Waals surface area contributed by atoms with Gasteiger partial charge in [-0.2, -0.15) is 0 Å². The number of pyridine rings is 2. The average molecular weight is 481 g/mol. The number of nitrogens with one attached hydrogen (secondary N) is 2. The number of benzene rings is 1. The summed E-state index contributed by atoms with van der Waals surface area (Å²) in [6.07, 6.45) is 8.51. The van der Waals surface area contributed by atoms with E-state index in [2.05, 4.69) is 42.4 Å². The van der Waals surface area contributed by atoms with Crippen LogP contribution in [0.15, 0.2) is 73.2 Å². The van der Waals surface area contributed by atoms with Crippen molar-refractivity contribution in [3.8, 4) is 11.3 Å². The lowest BCUT2D eigenvalue weighted by atomic mass is 10.1. The number of hydrogen-bond acceptors (Lipinski definition) is 8. The van der Waals surface area contributed by atoms with Crippen molar-refractivity contribution in [1.29, 1.82) is 0 Å². The second kappa shape index (κ2) is 10.5. The summed E-state index contributed by atoms with van der Waals surface area (Å²) in [5, 5.41) is 7.00. The number of anilines is 4. The molecule has 182 valence electrons. The molecular formula is C27H28N8O. The monoisotopic (exact) mass is 480 g/mol. The molecule has 0 unspecified atom stereocenters. The lowest BCUT2D eigenvalue weighted by Crippen LogP contribution is -2.44. The third-order valence-corrected chi connectivity index (χ3v) is 6.05. The lowest BCUT2D eigenvalue weighted by molar-refractivity contribution is -0.111. The van der Waals surface area contributed by atoms with Crippen molar-refractivity contribution < 1.29 is 4.79 Å². The first kappa shape index (κ1) is 23.4. The van der Waals surface area contributed by atoms with Crippen molar-refractivity contribution in [2.24, 2.45) is 0 Å². The molecule has 0 aliphatic carbocycles. The summed E-state index contributed by atoms with van der Waals surface area (Å²) in [7, 11) is 2.14. The molecular weight excluding hydrogens is 452 g/mol. The Balaban J connectivity index is 1.38. The van der Waals surface area contributed by atoms with Gasteiger partial charge in [-0.3, -0.25) is 9.78 Å². The number of likely N-dealkylation sites (N-methyl/N-ethyl adjacent to an activating group) is 1. The largest absolute Gasteiger partial charge is 0.354 e. The van der Waals surface area contributed by atoms with Gasteiger partial charge in [0.2, 0.25) is 11.9 Å². The molecule has 1 aromatic carbocycles. The van der Waals surface area contributed by atoms with Crippen LogP contribution in [0, 0.1) is 0 Å². The van der Waals surface area contributed by atoms with Gasteiger partial charge in [0, 0.05) is 55.2 Å². The number of amides is 1. The first-order valence-corrected chi connectivity index (χ1v) is 11.9. The summed E-state index contributed by atoms with van der Waals surface area (Å²) in [5.41, 5.74) is 3.78. The van der Waals surface area contributed by atoms with E-state index >= 15 is 0 Å². The third-order valence-electron chi connectivity index (χ3n) is 6.05. The minimum atomic E-state index is -0.179. The number of carbonyl (C=O) groups excluding carboxylic acids is 1. The van der Waals surface area contributed by atoms with Gasteiger partial charge in [-0.05, 0) is 50.4 Å². The number of hydrogen-bond donors (Lipinski definition) is 2. The molecule has 1 fully saturated rings. The van der Waals surface area contributed by atoms with E-state index in [0.29, 0.717) is 22.8 Å². The van der Waals surface area contributed by atoms with Gasteiger partial charge in [0.1, 0.15) is 11.3 Å². The Kier molecular flexibility index (Phi) is 6.81. The van der Waals surface area contributed by atoms with E-state index in [-0.39, 0.29) is 5.91 Å². The minimum absolute atomic E-state index is 0.179. The zero-order chi connectivity index (χ0) is 24.9. The standard InChI is InChI=1S/C27H28N8O/c1-3-5-24(36)31-21-7-4-6-19(16-21)25-26-20(10-11-28-25)17-30-27(33-26)32-22-8-9-23(29-18-22)35-14-12-34(2)13-15-35/h3-11,16-18H,12-15H2,1-2H3,(H,31,36)(H,30,32,33)/b5-3+.